The second kappa shape index (κ2) is 4.12. The lowest BCUT2D eigenvalue weighted by molar-refractivity contribution is -0.141. The Morgan fingerprint density at radius 2 is 2.31 bits per heavy atom. The topological polar surface area (TPSA) is 50.4 Å². The minimum absolute atomic E-state index is 0.328. The number of carboxylic acids is 1. The summed E-state index contributed by atoms with van der Waals surface area (Å²) >= 11 is 0. The van der Waals surface area contributed by atoms with Gasteiger partial charge in [-0.25, -0.2) is 0 Å². The zero-order valence-corrected chi connectivity index (χ0v) is 7.91. The molecule has 0 aliphatic rings. The van der Waals surface area contributed by atoms with E-state index < -0.39 is 5.97 Å². The van der Waals surface area contributed by atoms with Crippen LogP contribution in [-0.2, 0) is 11.2 Å². The molecule has 1 rings (SSSR count). The molecule has 72 valence electrons. The molecule has 1 aromatic heterocycles. The predicted octanol–water partition coefficient (Wildman–Crippen LogP) is 2.24. The SMILES string of the molecule is CC[C@@H](Cc1ccc(C)o1)C(=O)O. The van der Waals surface area contributed by atoms with Gasteiger partial charge in [-0.2, -0.15) is 0 Å². The highest BCUT2D eigenvalue weighted by Gasteiger charge is 2.16. The summed E-state index contributed by atoms with van der Waals surface area (Å²) in [6, 6.07) is 3.69. The van der Waals surface area contributed by atoms with Crippen LogP contribution in [0.1, 0.15) is 24.9 Å². The van der Waals surface area contributed by atoms with Crippen LogP contribution in [0.3, 0.4) is 0 Å². The molecular weight excluding hydrogens is 168 g/mol. The zero-order chi connectivity index (χ0) is 9.84. The molecule has 1 N–H and O–H groups in total. The van der Waals surface area contributed by atoms with Gasteiger partial charge in [-0.3, -0.25) is 4.79 Å². The van der Waals surface area contributed by atoms with Gasteiger partial charge in [-0.15, -0.1) is 0 Å². The van der Waals surface area contributed by atoms with Gasteiger partial charge in [0.05, 0.1) is 5.92 Å². The van der Waals surface area contributed by atoms with Gasteiger partial charge in [0, 0.05) is 6.42 Å². The standard InChI is InChI=1S/C10H14O3/c1-3-8(10(11)12)6-9-5-4-7(2)13-9/h4-5,8H,3,6H2,1-2H3,(H,11,12)/t8-/m0/s1. The fraction of sp³-hybridized carbons (Fsp3) is 0.500. The first kappa shape index (κ1) is 9.84. The van der Waals surface area contributed by atoms with Gasteiger partial charge in [0.15, 0.2) is 0 Å². The summed E-state index contributed by atoms with van der Waals surface area (Å²) in [5.41, 5.74) is 0. The second-order valence-electron chi connectivity index (χ2n) is 3.16. The molecule has 0 spiro atoms. The van der Waals surface area contributed by atoms with Crippen LogP contribution in [0.15, 0.2) is 16.5 Å². The number of hydrogen-bond donors (Lipinski definition) is 1. The lowest BCUT2D eigenvalue weighted by atomic mass is 10.0. The van der Waals surface area contributed by atoms with Crippen molar-refractivity contribution in [3.8, 4) is 0 Å². The summed E-state index contributed by atoms with van der Waals surface area (Å²) < 4.78 is 5.30. The van der Waals surface area contributed by atoms with Gasteiger partial charge in [0.1, 0.15) is 11.5 Å². The predicted molar refractivity (Wildman–Crippen MR) is 48.6 cm³/mol. The van der Waals surface area contributed by atoms with Crippen LogP contribution in [0.4, 0.5) is 0 Å². The minimum Gasteiger partial charge on any atom is -0.481 e. The first-order valence-corrected chi connectivity index (χ1v) is 4.41. The van der Waals surface area contributed by atoms with Crippen LogP contribution in [0.5, 0.6) is 0 Å². The summed E-state index contributed by atoms with van der Waals surface area (Å²) in [4.78, 5) is 10.7. The van der Waals surface area contributed by atoms with Gasteiger partial charge < -0.3 is 9.52 Å². The molecule has 0 aliphatic heterocycles. The maximum Gasteiger partial charge on any atom is 0.306 e. The molecule has 3 nitrogen and oxygen atoms in total. The van der Waals surface area contributed by atoms with E-state index in [0.717, 1.165) is 11.5 Å². The Morgan fingerprint density at radius 3 is 2.69 bits per heavy atom. The highest BCUT2D eigenvalue weighted by molar-refractivity contribution is 5.70. The molecule has 0 aromatic carbocycles. The van der Waals surface area contributed by atoms with E-state index in [1.54, 1.807) is 0 Å². The number of furan rings is 1. The Morgan fingerprint density at radius 1 is 1.62 bits per heavy atom. The summed E-state index contributed by atoms with van der Waals surface area (Å²) in [6.07, 6.45) is 1.12. The monoisotopic (exact) mass is 182 g/mol. The normalized spacial score (nSPS) is 12.8. The summed E-state index contributed by atoms with van der Waals surface area (Å²) in [5.74, 6) is 0.504. The summed E-state index contributed by atoms with van der Waals surface area (Å²) in [5, 5.41) is 8.80. The van der Waals surface area contributed by atoms with E-state index in [-0.39, 0.29) is 5.92 Å². The summed E-state index contributed by atoms with van der Waals surface area (Å²) in [7, 11) is 0. The Labute approximate surface area is 77.4 Å². The lowest BCUT2D eigenvalue weighted by Crippen LogP contribution is -2.14. The fourth-order valence-corrected chi connectivity index (χ4v) is 1.24. The van der Waals surface area contributed by atoms with Crippen LogP contribution in [0.2, 0.25) is 0 Å². The smallest absolute Gasteiger partial charge is 0.306 e. The fourth-order valence-electron chi connectivity index (χ4n) is 1.24. The molecule has 1 aromatic rings. The Bertz CT molecular complexity index is 288. The van der Waals surface area contributed by atoms with Crippen molar-refractivity contribution in [1.82, 2.24) is 0 Å². The highest BCUT2D eigenvalue weighted by Crippen LogP contribution is 2.14. The first-order valence-electron chi connectivity index (χ1n) is 4.41. The third-order valence-electron chi connectivity index (χ3n) is 2.09. The van der Waals surface area contributed by atoms with E-state index in [4.69, 9.17) is 9.52 Å². The Kier molecular flexibility index (Phi) is 3.12. The van der Waals surface area contributed by atoms with E-state index in [2.05, 4.69) is 0 Å². The van der Waals surface area contributed by atoms with Gasteiger partial charge in [-0.05, 0) is 25.5 Å². The Hall–Kier alpha value is -1.25. The van der Waals surface area contributed by atoms with Crippen molar-refractivity contribution < 1.29 is 14.3 Å². The van der Waals surface area contributed by atoms with Crippen molar-refractivity contribution in [3.63, 3.8) is 0 Å². The van der Waals surface area contributed by atoms with Crippen LogP contribution in [0, 0.1) is 12.8 Å². The van der Waals surface area contributed by atoms with Crippen molar-refractivity contribution in [2.24, 2.45) is 5.92 Å². The van der Waals surface area contributed by atoms with Crippen LogP contribution < -0.4 is 0 Å². The van der Waals surface area contributed by atoms with Crippen molar-refractivity contribution in [2.75, 3.05) is 0 Å². The van der Waals surface area contributed by atoms with E-state index in [1.807, 2.05) is 26.0 Å². The van der Waals surface area contributed by atoms with Gasteiger partial charge in [0.25, 0.3) is 0 Å². The average molecular weight is 182 g/mol. The zero-order valence-electron chi connectivity index (χ0n) is 7.91. The van der Waals surface area contributed by atoms with E-state index in [1.165, 1.54) is 0 Å². The van der Waals surface area contributed by atoms with Crippen LogP contribution >= 0.6 is 0 Å². The van der Waals surface area contributed by atoms with E-state index in [9.17, 15) is 4.79 Å². The molecule has 0 amide bonds. The molecule has 1 atom stereocenters. The largest absolute Gasteiger partial charge is 0.481 e. The molecule has 0 fully saturated rings. The molecule has 0 aliphatic carbocycles. The third kappa shape index (κ3) is 2.61. The quantitative estimate of drug-likeness (QED) is 0.776. The third-order valence-corrected chi connectivity index (χ3v) is 2.09. The number of hydrogen-bond acceptors (Lipinski definition) is 2. The van der Waals surface area contributed by atoms with Crippen LogP contribution in [0.25, 0.3) is 0 Å². The van der Waals surface area contributed by atoms with Gasteiger partial charge in [0.2, 0.25) is 0 Å². The maximum absolute atomic E-state index is 10.7. The van der Waals surface area contributed by atoms with Crippen molar-refractivity contribution in [2.45, 2.75) is 26.7 Å². The van der Waals surface area contributed by atoms with Gasteiger partial charge >= 0.3 is 5.97 Å². The minimum atomic E-state index is -0.753. The Balaban J connectivity index is 2.61. The van der Waals surface area contributed by atoms with E-state index in [0.29, 0.717) is 12.8 Å². The maximum atomic E-state index is 10.7. The number of carbonyl (C=O) groups is 1. The number of aryl methyl sites for hydroxylation is 1. The second-order valence-corrected chi connectivity index (χ2v) is 3.16. The molecule has 13 heavy (non-hydrogen) atoms. The van der Waals surface area contributed by atoms with Gasteiger partial charge in [-0.1, -0.05) is 6.92 Å². The van der Waals surface area contributed by atoms with E-state index >= 15 is 0 Å². The van der Waals surface area contributed by atoms with Crippen molar-refractivity contribution in [1.29, 1.82) is 0 Å². The number of rotatable bonds is 4. The van der Waals surface area contributed by atoms with Crippen molar-refractivity contribution >= 4 is 5.97 Å². The molecule has 0 radical (unpaired) electrons. The lowest BCUT2D eigenvalue weighted by Gasteiger charge is -2.06. The first-order chi connectivity index (χ1) is 6.13. The number of aliphatic carboxylic acids is 1. The molecular formula is C10H14O3. The molecule has 0 saturated carbocycles. The molecule has 0 unspecified atom stereocenters. The highest BCUT2D eigenvalue weighted by atomic mass is 16.4. The average Bonchev–Trinajstić information content (AvgIpc) is 2.46. The van der Waals surface area contributed by atoms with Crippen LogP contribution in [-0.4, -0.2) is 11.1 Å². The molecule has 0 saturated heterocycles. The summed E-state index contributed by atoms with van der Waals surface area (Å²) in [6.45, 7) is 3.72. The molecule has 0 bridgehead atoms. The molecule has 1 heterocycles. The van der Waals surface area contributed by atoms with Crippen molar-refractivity contribution in [3.05, 3.63) is 23.7 Å². The molecule has 3 heteroatoms. The number of carboxylic acid groups (broad SMARTS) is 1.